The Balaban J connectivity index is 2.46. The number of aliphatic hydroxyl groups excluding tert-OH is 2. The van der Waals surface area contributed by atoms with Gasteiger partial charge in [-0.05, 0) is 13.8 Å². The molecule has 2 rings (SSSR count). The molecule has 1 aromatic rings. The van der Waals surface area contributed by atoms with Crippen LogP contribution < -0.4 is 11.2 Å². The van der Waals surface area contributed by atoms with Crippen LogP contribution >= 0.6 is 0 Å². The SMILES string of the molecule is Cc1cn([C@@H]2O[C@H](C)[C@H](O)C2O)c(=O)[nH]c1=O. The molecule has 0 aliphatic carbocycles. The van der Waals surface area contributed by atoms with Crippen molar-refractivity contribution in [1.82, 2.24) is 9.55 Å². The number of nitrogens with one attached hydrogen (secondary N) is 1. The Morgan fingerprint density at radius 1 is 1.35 bits per heavy atom. The molecule has 7 heteroatoms. The van der Waals surface area contributed by atoms with Crippen LogP contribution in [0.4, 0.5) is 0 Å². The second-order valence-electron chi connectivity index (χ2n) is 4.19. The van der Waals surface area contributed by atoms with Crippen LogP contribution in [0.15, 0.2) is 15.8 Å². The van der Waals surface area contributed by atoms with Crippen molar-refractivity contribution in [2.24, 2.45) is 0 Å². The van der Waals surface area contributed by atoms with Gasteiger partial charge in [0.1, 0.15) is 12.2 Å². The number of aromatic amines is 1. The predicted molar refractivity (Wildman–Crippen MR) is 57.7 cm³/mol. The molecular weight excluding hydrogens is 228 g/mol. The molecule has 0 spiro atoms. The van der Waals surface area contributed by atoms with Crippen LogP contribution in [0, 0.1) is 6.92 Å². The molecule has 3 N–H and O–H groups in total. The van der Waals surface area contributed by atoms with Gasteiger partial charge in [0, 0.05) is 11.8 Å². The number of hydrogen-bond acceptors (Lipinski definition) is 5. The van der Waals surface area contributed by atoms with Crippen molar-refractivity contribution < 1.29 is 14.9 Å². The van der Waals surface area contributed by atoms with E-state index in [9.17, 15) is 19.8 Å². The zero-order chi connectivity index (χ0) is 12.7. The Morgan fingerprint density at radius 2 is 2.00 bits per heavy atom. The summed E-state index contributed by atoms with van der Waals surface area (Å²) in [5, 5.41) is 19.3. The molecule has 1 aliphatic heterocycles. The molecular formula is C10H14N2O5. The second kappa shape index (κ2) is 4.10. The Morgan fingerprint density at radius 3 is 2.53 bits per heavy atom. The van der Waals surface area contributed by atoms with Gasteiger partial charge in [-0.1, -0.05) is 0 Å². The minimum atomic E-state index is -1.20. The number of H-pyrrole nitrogens is 1. The summed E-state index contributed by atoms with van der Waals surface area (Å²) < 4.78 is 6.37. The first-order valence-electron chi connectivity index (χ1n) is 5.25. The van der Waals surface area contributed by atoms with Gasteiger partial charge in [0.25, 0.3) is 5.56 Å². The van der Waals surface area contributed by atoms with E-state index >= 15 is 0 Å². The lowest BCUT2D eigenvalue weighted by Gasteiger charge is -2.17. The molecule has 94 valence electrons. The summed E-state index contributed by atoms with van der Waals surface area (Å²) >= 11 is 0. The number of ether oxygens (including phenoxy) is 1. The van der Waals surface area contributed by atoms with Gasteiger partial charge in [0.15, 0.2) is 6.23 Å². The van der Waals surface area contributed by atoms with E-state index in [1.165, 1.54) is 13.1 Å². The van der Waals surface area contributed by atoms with E-state index in [2.05, 4.69) is 4.98 Å². The lowest BCUT2D eigenvalue weighted by Crippen LogP contribution is -2.38. The number of rotatable bonds is 1. The fourth-order valence-electron chi connectivity index (χ4n) is 1.83. The molecule has 0 amide bonds. The highest BCUT2D eigenvalue weighted by Crippen LogP contribution is 2.27. The zero-order valence-electron chi connectivity index (χ0n) is 9.45. The second-order valence-corrected chi connectivity index (χ2v) is 4.19. The molecule has 1 aliphatic rings. The standard InChI is InChI=1S/C10H14N2O5/c1-4-3-12(10(16)11-8(4)15)9-7(14)6(13)5(2)17-9/h3,5-7,9,13-14H,1-2H3,(H,11,15,16)/t5-,6+,7?,9-/m1/s1. The normalized spacial score (nSPS) is 32.9. The quantitative estimate of drug-likeness (QED) is 0.555. The van der Waals surface area contributed by atoms with Crippen LogP contribution in [0.2, 0.25) is 0 Å². The molecule has 0 saturated carbocycles. The van der Waals surface area contributed by atoms with Crippen molar-refractivity contribution in [2.45, 2.75) is 38.4 Å². The van der Waals surface area contributed by atoms with Gasteiger partial charge >= 0.3 is 5.69 Å². The lowest BCUT2D eigenvalue weighted by molar-refractivity contribution is -0.0352. The van der Waals surface area contributed by atoms with Crippen LogP contribution in [0.1, 0.15) is 18.7 Å². The van der Waals surface area contributed by atoms with Crippen molar-refractivity contribution in [3.05, 3.63) is 32.6 Å². The first-order valence-corrected chi connectivity index (χ1v) is 5.25. The van der Waals surface area contributed by atoms with Crippen molar-refractivity contribution in [1.29, 1.82) is 0 Å². The highest BCUT2D eigenvalue weighted by molar-refractivity contribution is 5.02. The van der Waals surface area contributed by atoms with Crippen molar-refractivity contribution in [2.75, 3.05) is 0 Å². The lowest BCUT2D eigenvalue weighted by atomic mass is 10.1. The van der Waals surface area contributed by atoms with Gasteiger partial charge in [-0.25, -0.2) is 4.79 Å². The molecule has 2 heterocycles. The first-order chi connectivity index (χ1) is 7.91. The Bertz CT molecular complexity index is 534. The fraction of sp³-hybridized carbons (Fsp3) is 0.600. The van der Waals surface area contributed by atoms with Gasteiger partial charge < -0.3 is 14.9 Å². The molecule has 0 bridgehead atoms. The van der Waals surface area contributed by atoms with Crippen molar-refractivity contribution in [3.63, 3.8) is 0 Å². The third-order valence-corrected chi connectivity index (χ3v) is 2.90. The molecule has 1 fully saturated rings. The molecule has 4 atom stereocenters. The first kappa shape index (κ1) is 12.0. The summed E-state index contributed by atoms with van der Waals surface area (Å²) in [6, 6.07) is 0. The maximum Gasteiger partial charge on any atom is 0.330 e. The molecule has 1 unspecified atom stereocenters. The van der Waals surface area contributed by atoms with Crippen molar-refractivity contribution in [3.8, 4) is 0 Å². The molecule has 17 heavy (non-hydrogen) atoms. The van der Waals surface area contributed by atoms with Crippen LogP contribution in [-0.2, 0) is 4.74 Å². The summed E-state index contributed by atoms with van der Waals surface area (Å²) in [6.45, 7) is 3.13. The number of aryl methyl sites for hydroxylation is 1. The average Bonchev–Trinajstić information content (AvgIpc) is 2.51. The van der Waals surface area contributed by atoms with E-state index in [0.717, 1.165) is 4.57 Å². The van der Waals surface area contributed by atoms with Crippen LogP contribution in [0.5, 0.6) is 0 Å². The van der Waals surface area contributed by atoms with E-state index in [1.54, 1.807) is 6.92 Å². The highest BCUT2D eigenvalue weighted by atomic mass is 16.6. The van der Waals surface area contributed by atoms with Crippen molar-refractivity contribution >= 4 is 0 Å². The highest BCUT2D eigenvalue weighted by Gasteiger charge is 2.41. The van der Waals surface area contributed by atoms with Gasteiger partial charge in [0.05, 0.1) is 6.10 Å². The van der Waals surface area contributed by atoms with E-state index in [4.69, 9.17) is 4.74 Å². The summed E-state index contributed by atoms with van der Waals surface area (Å²) in [5.41, 5.74) is -0.826. The molecule has 1 aromatic heterocycles. The van der Waals surface area contributed by atoms with E-state index < -0.39 is 35.8 Å². The summed E-state index contributed by atoms with van der Waals surface area (Å²) in [7, 11) is 0. The summed E-state index contributed by atoms with van der Waals surface area (Å²) in [6.07, 6.45) is -2.51. The van der Waals surface area contributed by atoms with E-state index in [0.29, 0.717) is 5.56 Å². The minimum absolute atomic E-state index is 0.328. The molecule has 1 saturated heterocycles. The molecule has 0 radical (unpaired) electrons. The number of hydrogen-bond donors (Lipinski definition) is 3. The average molecular weight is 242 g/mol. The van der Waals surface area contributed by atoms with Gasteiger partial charge in [0.2, 0.25) is 0 Å². The Labute approximate surface area is 96.3 Å². The maximum atomic E-state index is 11.6. The van der Waals surface area contributed by atoms with Crippen LogP contribution in [0.3, 0.4) is 0 Å². The number of aliphatic hydroxyl groups is 2. The largest absolute Gasteiger partial charge is 0.388 e. The Kier molecular flexibility index (Phi) is 2.90. The predicted octanol–water partition coefficient (Wildman–Crippen LogP) is -1.52. The van der Waals surface area contributed by atoms with E-state index in [1.807, 2.05) is 0 Å². The number of aromatic nitrogens is 2. The van der Waals surface area contributed by atoms with E-state index in [-0.39, 0.29) is 0 Å². The number of nitrogens with zero attached hydrogens (tertiary/aromatic N) is 1. The monoisotopic (exact) mass is 242 g/mol. The zero-order valence-corrected chi connectivity index (χ0v) is 9.45. The third-order valence-electron chi connectivity index (χ3n) is 2.90. The van der Waals surface area contributed by atoms with Gasteiger partial charge in [-0.2, -0.15) is 0 Å². The smallest absolute Gasteiger partial charge is 0.330 e. The summed E-state index contributed by atoms with van der Waals surface area (Å²) in [4.78, 5) is 24.9. The van der Waals surface area contributed by atoms with Gasteiger partial charge in [-0.3, -0.25) is 14.3 Å². The summed E-state index contributed by atoms with van der Waals surface area (Å²) in [5.74, 6) is 0. The fourth-order valence-corrected chi connectivity index (χ4v) is 1.83. The van der Waals surface area contributed by atoms with Crippen LogP contribution in [0.25, 0.3) is 0 Å². The van der Waals surface area contributed by atoms with Crippen LogP contribution in [-0.4, -0.2) is 38.1 Å². The minimum Gasteiger partial charge on any atom is -0.388 e. The van der Waals surface area contributed by atoms with Gasteiger partial charge in [-0.15, -0.1) is 0 Å². The molecule has 7 nitrogen and oxygen atoms in total. The molecule has 0 aromatic carbocycles. The topological polar surface area (TPSA) is 105 Å². The Hall–Kier alpha value is -1.44. The maximum absolute atomic E-state index is 11.6. The third kappa shape index (κ3) is 1.92.